The summed E-state index contributed by atoms with van der Waals surface area (Å²) in [7, 11) is -3.08. The van der Waals surface area contributed by atoms with Crippen LogP contribution in [0.3, 0.4) is 0 Å². The van der Waals surface area contributed by atoms with E-state index in [1.807, 2.05) is 18.2 Å². The Balaban J connectivity index is 1.57. The average Bonchev–Trinajstić information content (AvgIpc) is 2.97. The van der Waals surface area contributed by atoms with Gasteiger partial charge in [-0.3, -0.25) is 0 Å². The van der Waals surface area contributed by atoms with Crippen LogP contribution in [0.2, 0.25) is 0 Å². The first-order valence-corrected chi connectivity index (χ1v) is 10.1. The van der Waals surface area contributed by atoms with Crippen molar-refractivity contribution in [3.8, 4) is 0 Å². The van der Waals surface area contributed by atoms with E-state index in [0.29, 0.717) is 12.5 Å². The first kappa shape index (κ1) is 15.7. The highest BCUT2D eigenvalue weighted by Crippen LogP contribution is 2.31. The van der Waals surface area contributed by atoms with Gasteiger partial charge in [0.15, 0.2) is 5.13 Å². The van der Waals surface area contributed by atoms with Crippen LogP contribution in [0.1, 0.15) is 19.8 Å². The van der Waals surface area contributed by atoms with Gasteiger partial charge in [0, 0.05) is 19.6 Å². The van der Waals surface area contributed by atoms with Gasteiger partial charge >= 0.3 is 0 Å². The number of sulfonamides is 1. The molecule has 0 bridgehead atoms. The summed E-state index contributed by atoms with van der Waals surface area (Å²) in [5.74, 6) is 0.573. The van der Waals surface area contributed by atoms with Crippen molar-refractivity contribution in [3.63, 3.8) is 0 Å². The highest BCUT2D eigenvalue weighted by atomic mass is 32.2. The summed E-state index contributed by atoms with van der Waals surface area (Å²) in [5, 5.41) is 1.08. The van der Waals surface area contributed by atoms with Gasteiger partial charge in [-0.2, -0.15) is 0 Å². The third kappa shape index (κ3) is 3.59. The lowest BCUT2D eigenvalue weighted by atomic mass is 9.97. The molecule has 22 heavy (non-hydrogen) atoms. The monoisotopic (exact) mass is 339 g/mol. The van der Waals surface area contributed by atoms with E-state index < -0.39 is 10.0 Å². The SMILES string of the molecule is CCS(=O)(=O)NCC1CCN(c2nc3ccccc3s2)CC1. The Morgan fingerprint density at radius 1 is 1.32 bits per heavy atom. The summed E-state index contributed by atoms with van der Waals surface area (Å²) in [6.45, 7) is 4.11. The standard InChI is InChI=1S/C15H21N3O2S2/c1-2-22(19,20)16-11-12-7-9-18(10-8-12)15-17-13-5-3-4-6-14(13)21-15/h3-6,12,16H,2,7-11H2,1H3. The summed E-state index contributed by atoms with van der Waals surface area (Å²) < 4.78 is 26.9. The second-order valence-corrected chi connectivity index (χ2v) is 8.75. The van der Waals surface area contributed by atoms with Crippen molar-refractivity contribution in [3.05, 3.63) is 24.3 Å². The second-order valence-electron chi connectivity index (χ2n) is 5.65. The van der Waals surface area contributed by atoms with E-state index in [2.05, 4.69) is 15.7 Å². The van der Waals surface area contributed by atoms with E-state index in [4.69, 9.17) is 4.98 Å². The molecule has 3 rings (SSSR count). The Kier molecular flexibility index (Phi) is 4.65. The quantitative estimate of drug-likeness (QED) is 0.909. The number of hydrogen-bond donors (Lipinski definition) is 1. The number of nitrogens with zero attached hydrogens (tertiary/aromatic N) is 2. The van der Waals surface area contributed by atoms with Gasteiger partial charge in [0.1, 0.15) is 0 Å². The summed E-state index contributed by atoms with van der Waals surface area (Å²) in [5.41, 5.74) is 1.06. The molecule has 1 aliphatic rings. The molecule has 120 valence electrons. The molecule has 1 N–H and O–H groups in total. The topological polar surface area (TPSA) is 62.3 Å². The van der Waals surface area contributed by atoms with Crippen molar-refractivity contribution >= 4 is 36.7 Å². The van der Waals surface area contributed by atoms with Crippen LogP contribution in [-0.4, -0.2) is 38.8 Å². The fraction of sp³-hybridized carbons (Fsp3) is 0.533. The Morgan fingerprint density at radius 3 is 2.73 bits per heavy atom. The van der Waals surface area contributed by atoms with Crippen LogP contribution in [0, 0.1) is 5.92 Å². The number of hydrogen-bond acceptors (Lipinski definition) is 5. The van der Waals surface area contributed by atoms with Crippen molar-refractivity contribution in [2.24, 2.45) is 5.92 Å². The summed E-state index contributed by atoms with van der Waals surface area (Å²) in [6.07, 6.45) is 2.00. The molecule has 2 heterocycles. The highest BCUT2D eigenvalue weighted by molar-refractivity contribution is 7.89. The molecule has 5 nitrogen and oxygen atoms in total. The lowest BCUT2D eigenvalue weighted by Crippen LogP contribution is -2.39. The zero-order valence-corrected chi connectivity index (χ0v) is 14.3. The van der Waals surface area contributed by atoms with Crippen LogP contribution in [0.4, 0.5) is 5.13 Å². The third-order valence-corrected chi connectivity index (χ3v) is 6.60. The number of benzene rings is 1. The van der Waals surface area contributed by atoms with Crippen LogP contribution in [0.25, 0.3) is 10.2 Å². The minimum Gasteiger partial charge on any atom is -0.348 e. The Hall–Kier alpha value is -1.18. The van der Waals surface area contributed by atoms with Crippen molar-refractivity contribution in [1.29, 1.82) is 0 Å². The van der Waals surface area contributed by atoms with E-state index in [9.17, 15) is 8.42 Å². The number of piperidine rings is 1. The van der Waals surface area contributed by atoms with Crippen LogP contribution in [0.15, 0.2) is 24.3 Å². The zero-order chi connectivity index (χ0) is 15.6. The predicted octanol–water partition coefficient (Wildman–Crippen LogP) is 2.45. The average molecular weight is 339 g/mol. The second kappa shape index (κ2) is 6.52. The van der Waals surface area contributed by atoms with E-state index >= 15 is 0 Å². The smallest absolute Gasteiger partial charge is 0.211 e. The molecule has 0 spiro atoms. The molecule has 0 amide bonds. The Morgan fingerprint density at radius 2 is 2.05 bits per heavy atom. The van der Waals surface area contributed by atoms with Crippen molar-refractivity contribution in [1.82, 2.24) is 9.71 Å². The van der Waals surface area contributed by atoms with E-state index in [-0.39, 0.29) is 5.75 Å². The lowest BCUT2D eigenvalue weighted by molar-refractivity contribution is 0.402. The first-order chi connectivity index (χ1) is 10.6. The first-order valence-electron chi connectivity index (χ1n) is 7.65. The van der Waals surface area contributed by atoms with Crippen LogP contribution < -0.4 is 9.62 Å². The van der Waals surface area contributed by atoms with Crippen LogP contribution in [-0.2, 0) is 10.0 Å². The minimum absolute atomic E-state index is 0.150. The number of para-hydroxylation sites is 1. The molecular weight excluding hydrogens is 318 g/mol. The van der Waals surface area contributed by atoms with Gasteiger partial charge in [-0.25, -0.2) is 18.1 Å². The van der Waals surface area contributed by atoms with Crippen LogP contribution in [0.5, 0.6) is 0 Å². The van der Waals surface area contributed by atoms with Crippen molar-refractivity contribution < 1.29 is 8.42 Å². The maximum absolute atomic E-state index is 11.5. The normalized spacial score (nSPS) is 17.2. The van der Waals surface area contributed by atoms with Crippen LogP contribution >= 0.6 is 11.3 Å². The van der Waals surface area contributed by atoms with Gasteiger partial charge in [-0.15, -0.1) is 0 Å². The van der Waals surface area contributed by atoms with Crippen molar-refractivity contribution in [2.75, 3.05) is 30.3 Å². The van der Waals surface area contributed by atoms with Gasteiger partial charge in [0.2, 0.25) is 10.0 Å². The molecule has 0 saturated carbocycles. The van der Waals surface area contributed by atoms with E-state index in [1.165, 1.54) is 4.70 Å². The third-order valence-electron chi connectivity index (χ3n) is 4.14. The van der Waals surface area contributed by atoms with Crippen molar-refractivity contribution in [2.45, 2.75) is 19.8 Å². The van der Waals surface area contributed by atoms with E-state index in [0.717, 1.165) is 36.6 Å². The largest absolute Gasteiger partial charge is 0.348 e. The molecule has 1 fully saturated rings. The highest BCUT2D eigenvalue weighted by Gasteiger charge is 2.22. The van der Waals surface area contributed by atoms with E-state index in [1.54, 1.807) is 18.3 Å². The fourth-order valence-corrected chi connectivity index (χ4v) is 4.38. The summed E-state index contributed by atoms with van der Waals surface area (Å²) >= 11 is 1.73. The molecule has 0 atom stereocenters. The molecular formula is C15H21N3O2S2. The molecule has 1 aromatic heterocycles. The molecule has 7 heteroatoms. The molecule has 0 aliphatic carbocycles. The maximum Gasteiger partial charge on any atom is 0.211 e. The molecule has 1 saturated heterocycles. The van der Waals surface area contributed by atoms with Gasteiger partial charge in [0.25, 0.3) is 0 Å². The number of fused-ring (bicyclic) bond motifs is 1. The molecule has 1 aliphatic heterocycles. The predicted molar refractivity (Wildman–Crippen MR) is 92.0 cm³/mol. The number of nitrogens with one attached hydrogen (secondary N) is 1. The summed E-state index contributed by atoms with van der Waals surface area (Å²) in [6, 6.07) is 8.19. The molecule has 1 aromatic carbocycles. The number of thiazole rings is 1. The summed E-state index contributed by atoms with van der Waals surface area (Å²) in [4.78, 5) is 7.01. The number of aromatic nitrogens is 1. The maximum atomic E-state index is 11.5. The fourth-order valence-electron chi connectivity index (χ4n) is 2.67. The lowest BCUT2D eigenvalue weighted by Gasteiger charge is -2.31. The minimum atomic E-state index is -3.08. The van der Waals surface area contributed by atoms with Gasteiger partial charge < -0.3 is 4.90 Å². The molecule has 0 unspecified atom stereocenters. The number of rotatable bonds is 5. The molecule has 2 aromatic rings. The van der Waals surface area contributed by atoms with Gasteiger partial charge in [-0.1, -0.05) is 23.5 Å². The Bertz CT molecular complexity index is 701. The molecule has 0 radical (unpaired) electrons. The Labute approximate surface area is 135 Å². The van der Waals surface area contributed by atoms with Gasteiger partial charge in [0.05, 0.1) is 16.0 Å². The van der Waals surface area contributed by atoms with Gasteiger partial charge in [-0.05, 0) is 37.8 Å². The zero-order valence-electron chi connectivity index (χ0n) is 12.7. The number of anilines is 1.